The van der Waals surface area contributed by atoms with E-state index in [4.69, 9.17) is 4.74 Å². The van der Waals surface area contributed by atoms with Gasteiger partial charge in [-0.1, -0.05) is 29.8 Å². The summed E-state index contributed by atoms with van der Waals surface area (Å²) in [6.07, 6.45) is 4.35. The zero-order valence-electron chi connectivity index (χ0n) is 14.2. The van der Waals surface area contributed by atoms with E-state index in [-0.39, 0.29) is 6.61 Å². The molecule has 0 saturated heterocycles. The third-order valence-corrected chi connectivity index (χ3v) is 4.28. The number of carbonyl (C=O) groups is 1. The summed E-state index contributed by atoms with van der Waals surface area (Å²) in [6.45, 7) is 6.09. The van der Waals surface area contributed by atoms with Crippen molar-refractivity contribution in [2.24, 2.45) is 0 Å². The first-order chi connectivity index (χ1) is 11.0. The molecule has 1 aromatic rings. The van der Waals surface area contributed by atoms with Crippen LogP contribution in [-0.4, -0.2) is 28.6 Å². The number of hydroxylamine groups is 1. The number of nitrogens with zero attached hydrogens (tertiary/aromatic N) is 1. The van der Waals surface area contributed by atoms with Crippen molar-refractivity contribution in [3.63, 3.8) is 0 Å². The minimum absolute atomic E-state index is 0.289. The maximum Gasteiger partial charge on any atom is 0.379 e. The van der Waals surface area contributed by atoms with E-state index in [9.17, 15) is 10.0 Å². The summed E-state index contributed by atoms with van der Waals surface area (Å²) >= 11 is 0. The highest BCUT2D eigenvalue weighted by Gasteiger charge is 2.53. The van der Waals surface area contributed by atoms with Crippen molar-refractivity contribution >= 4 is 11.7 Å². The Labute approximate surface area is 138 Å². The fourth-order valence-electron chi connectivity index (χ4n) is 3.06. The molecule has 1 aliphatic rings. The van der Waals surface area contributed by atoms with Crippen molar-refractivity contribution in [3.8, 4) is 0 Å². The van der Waals surface area contributed by atoms with Gasteiger partial charge in [0.2, 0.25) is 0 Å². The van der Waals surface area contributed by atoms with Crippen molar-refractivity contribution < 1.29 is 14.3 Å². The van der Waals surface area contributed by atoms with Crippen LogP contribution in [0.25, 0.3) is 0 Å². The molecule has 23 heavy (non-hydrogen) atoms. The van der Waals surface area contributed by atoms with E-state index in [0.29, 0.717) is 31.4 Å². The molecule has 1 aliphatic heterocycles. The molecule has 0 fully saturated rings. The highest BCUT2D eigenvalue weighted by molar-refractivity contribution is 5.99. The van der Waals surface area contributed by atoms with Crippen LogP contribution in [-0.2, 0) is 9.53 Å². The monoisotopic (exact) mass is 315 g/mol. The van der Waals surface area contributed by atoms with Crippen LogP contribution in [0.4, 0.5) is 0 Å². The van der Waals surface area contributed by atoms with Gasteiger partial charge < -0.3 is 9.94 Å². The van der Waals surface area contributed by atoms with Gasteiger partial charge >= 0.3 is 5.97 Å². The Morgan fingerprint density at radius 3 is 2.65 bits per heavy atom. The highest BCUT2D eigenvalue weighted by atomic mass is 16.5. The maximum atomic E-state index is 13.0. The van der Waals surface area contributed by atoms with E-state index in [1.807, 2.05) is 44.2 Å². The number of allylic oxidation sites excluding steroid dienone is 2. The Kier molecular flexibility index (Phi) is 5.59. The van der Waals surface area contributed by atoms with Crippen molar-refractivity contribution in [3.05, 3.63) is 52.8 Å². The third kappa shape index (κ3) is 3.63. The standard InChI is InChI=1S/C19H25NO3/c1-4-23-18(21)19(13-8-9-15(2)3)14-12-17(20(19)22)16-10-6-5-7-11-16/h5-7,9-11H,4,8,12-14H2,1-3H3. The minimum atomic E-state index is -1.09. The summed E-state index contributed by atoms with van der Waals surface area (Å²) < 4.78 is 6.14. The average molecular weight is 315 g/mol. The van der Waals surface area contributed by atoms with Crippen LogP contribution in [0.1, 0.15) is 52.0 Å². The van der Waals surface area contributed by atoms with Crippen molar-refractivity contribution in [2.45, 2.75) is 52.0 Å². The smallest absolute Gasteiger partial charge is 0.379 e. The highest BCUT2D eigenvalue weighted by Crippen LogP contribution is 2.33. The Balaban J connectivity index is 2.36. The van der Waals surface area contributed by atoms with Crippen molar-refractivity contribution in [2.75, 3.05) is 6.61 Å². The van der Waals surface area contributed by atoms with Crippen LogP contribution in [0.2, 0.25) is 0 Å². The molecule has 0 amide bonds. The molecule has 0 aliphatic carbocycles. The summed E-state index contributed by atoms with van der Waals surface area (Å²) in [5.41, 5.74) is 1.66. The fourth-order valence-corrected chi connectivity index (χ4v) is 3.06. The molecular weight excluding hydrogens is 290 g/mol. The van der Waals surface area contributed by atoms with Gasteiger partial charge in [0.25, 0.3) is 5.54 Å². The van der Waals surface area contributed by atoms with Crippen LogP contribution >= 0.6 is 0 Å². The molecule has 0 spiro atoms. The third-order valence-electron chi connectivity index (χ3n) is 4.28. The number of hydrogen-bond donors (Lipinski definition) is 0. The van der Waals surface area contributed by atoms with Gasteiger partial charge in [-0.05, 0) is 39.3 Å². The quantitative estimate of drug-likeness (QED) is 0.347. The molecule has 4 heteroatoms. The van der Waals surface area contributed by atoms with E-state index in [1.54, 1.807) is 6.92 Å². The molecule has 0 saturated carbocycles. The topological polar surface area (TPSA) is 52.4 Å². The van der Waals surface area contributed by atoms with Crippen LogP contribution < -0.4 is 0 Å². The summed E-state index contributed by atoms with van der Waals surface area (Å²) in [5, 5.41) is 13.0. The van der Waals surface area contributed by atoms with Crippen molar-refractivity contribution in [1.82, 2.24) is 0 Å². The van der Waals surface area contributed by atoms with Gasteiger partial charge in [-0.25, -0.2) is 4.79 Å². The Hall–Kier alpha value is -2.10. The van der Waals surface area contributed by atoms with Gasteiger partial charge in [0.05, 0.1) is 6.61 Å². The summed E-state index contributed by atoms with van der Waals surface area (Å²) in [4.78, 5) is 12.5. The normalized spacial score (nSPS) is 20.5. The van der Waals surface area contributed by atoms with E-state index < -0.39 is 11.5 Å². The molecule has 0 bridgehead atoms. The van der Waals surface area contributed by atoms with E-state index in [1.165, 1.54) is 5.57 Å². The van der Waals surface area contributed by atoms with Crippen molar-refractivity contribution in [1.29, 1.82) is 0 Å². The van der Waals surface area contributed by atoms with Gasteiger partial charge in [-0.2, -0.15) is 4.74 Å². The van der Waals surface area contributed by atoms with Gasteiger partial charge in [-0.15, -0.1) is 0 Å². The van der Waals surface area contributed by atoms with E-state index in [2.05, 4.69) is 6.08 Å². The van der Waals surface area contributed by atoms with Gasteiger partial charge in [0.1, 0.15) is 0 Å². The Morgan fingerprint density at radius 2 is 2.04 bits per heavy atom. The molecule has 1 atom stereocenters. The lowest BCUT2D eigenvalue weighted by atomic mass is 9.90. The number of ether oxygens (including phenoxy) is 1. The summed E-state index contributed by atoms with van der Waals surface area (Å²) in [7, 11) is 0. The molecule has 4 nitrogen and oxygen atoms in total. The summed E-state index contributed by atoms with van der Waals surface area (Å²) in [5.74, 6) is -0.400. The predicted octanol–water partition coefficient (Wildman–Crippen LogP) is 3.83. The average Bonchev–Trinajstić information content (AvgIpc) is 2.86. The SMILES string of the molecule is CCOC(=O)C1(CCC=C(C)C)CCC(c2ccccc2)=[N+]1[O-]. The number of benzene rings is 1. The van der Waals surface area contributed by atoms with Gasteiger partial charge in [0.15, 0.2) is 5.71 Å². The lowest BCUT2D eigenvalue weighted by Crippen LogP contribution is -2.46. The second-order valence-corrected chi connectivity index (χ2v) is 6.18. The van der Waals surface area contributed by atoms with Crippen LogP contribution in [0, 0.1) is 5.21 Å². The molecule has 1 heterocycles. The molecular formula is C19H25NO3. The molecule has 0 radical (unpaired) electrons. The summed E-state index contributed by atoms with van der Waals surface area (Å²) in [6, 6.07) is 9.56. The predicted molar refractivity (Wildman–Crippen MR) is 91.4 cm³/mol. The van der Waals surface area contributed by atoms with E-state index >= 15 is 0 Å². The molecule has 1 aromatic carbocycles. The lowest BCUT2D eigenvalue weighted by molar-refractivity contribution is -0.527. The zero-order valence-corrected chi connectivity index (χ0v) is 14.2. The second kappa shape index (κ2) is 7.44. The molecule has 124 valence electrons. The number of carbonyl (C=O) groups excluding carboxylic acids is 1. The van der Waals surface area contributed by atoms with E-state index in [0.717, 1.165) is 10.3 Å². The Morgan fingerprint density at radius 1 is 1.35 bits per heavy atom. The minimum Gasteiger partial charge on any atom is -0.623 e. The first kappa shape index (κ1) is 17.3. The molecule has 0 aromatic heterocycles. The first-order valence-electron chi connectivity index (χ1n) is 8.20. The molecule has 0 N–H and O–H groups in total. The zero-order chi connectivity index (χ0) is 16.9. The van der Waals surface area contributed by atoms with Gasteiger partial charge in [-0.3, -0.25) is 0 Å². The largest absolute Gasteiger partial charge is 0.623 e. The fraction of sp³-hybridized carbons (Fsp3) is 0.474. The maximum absolute atomic E-state index is 13.0. The Bertz CT molecular complexity index is 615. The van der Waals surface area contributed by atoms with Gasteiger partial charge in [0, 0.05) is 24.8 Å². The number of esters is 1. The number of rotatable bonds is 6. The lowest BCUT2D eigenvalue weighted by Gasteiger charge is -2.25. The second-order valence-electron chi connectivity index (χ2n) is 6.18. The van der Waals surface area contributed by atoms with Crippen LogP contribution in [0.15, 0.2) is 42.0 Å². The van der Waals surface area contributed by atoms with Crippen LogP contribution in [0.5, 0.6) is 0 Å². The molecule has 2 rings (SSSR count). The van der Waals surface area contributed by atoms with Crippen LogP contribution in [0.3, 0.4) is 0 Å². The first-order valence-corrected chi connectivity index (χ1v) is 8.20. The number of hydrogen-bond acceptors (Lipinski definition) is 3. The molecule has 1 unspecified atom stereocenters.